The summed E-state index contributed by atoms with van der Waals surface area (Å²) in [6.07, 6.45) is 0. The Bertz CT molecular complexity index is 764. The van der Waals surface area contributed by atoms with E-state index in [1.165, 1.54) is 16.7 Å². The predicted molar refractivity (Wildman–Crippen MR) is 87.2 cm³/mol. The molecule has 0 fully saturated rings. The average Bonchev–Trinajstić information content (AvgIpc) is 3.00. The minimum atomic E-state index is 0.728. The summed E-state index contributed by atoms with van der Waals surface area (Å²) in [4.78, 5) is 2.06. The normalized spacial score (nSPS) is 10.7. The van der Waals surface area contributed by atoms with Crippen LogP contribution in [0.4, 0.5) is 5.95 Å². The number of anilines is 1. The lowest BCUT2D eigenvalue weighted by molar-refractivity contribution is 0.771. The van der Waals surface area contributed by atoms with Crippen LogP contribution in [0.25, 0.3) is 5.69 Å². The average molecular weight is 293 g/mol. The van der Waals surface area contributed by atoms with Gasteiger partial charge in [-0.3, -0.25) is 0 Å². The molecule has 5 heteroatoms. The van der Waals surface area contributed by atoms with Crippen LogP contribution in [0.2, 0.25) is 0 Å². The van der Waals surface area contributed by atoms with Crippen molar-refractivity contribution in [2.45, 2.75) is 20.4 Å². The van der Waals surface area contributed by atoms with Gasteiger partial charge in [0.1, 0.15) is 0 Å². The molecule has 0 atom stereocenters. The second-order valence-electron chi connectivity index (χ2n) is 5.51. The molecule has 0 saturated carbocycles. The van der Waals surface area contributed by atoms with Crippen molar-refractivity contribution in [3.63, 3.8) is 0 Å². The van der Waals surface area contributed by atoms with Gasteiger partial charge >= 0.3 is 0 Å². The third kappa shape index (κ3) is 2.83. The summed E-state index contributed by atoms with van der Waals surface area (Å²) >= 11 is 0. The van der Waals surface area contributed by atoms with Crippen molar-refractivity contribution in [2.24, 2.45) is 0 Å². The second kappa shape index (κ2) is 5.97. The van der Waals surface area contributed by atoms with E-state index in [4.69, 9.17) is 0 Å². The summed E-state index contributed by atoms with van der Waals surface area (Å²) in [7, 11) is 2.00. The zero-order valence-electron chi connectivity index (χ0n) is 13.1. The largest absolute Gasteiger partial charge is 0.338 e. The predicted octanol–water partition coefficient (Wildman–Crippen LogP) is 2.92. The molecule has 0 aliphatic carbocycles. The number of hydrogen-bond donors (Lipinski definition) is 0. The highest BCUT2D eigenvalue weighted by Gasteiger charge is 2.13. The Labute approximate surface area is 130 Å². The van der Waals surface area contributed by atoms with E-state index in [-0.39, 0.29) is 0 Å². The molecule has 0 radical (unpaired) electrons. The van der Waals surface area contributed by atoms with E-state index in [0.29, 0.717) is 0 Å². The van der Waals surface area contributed by atoms with Crippen LogP contribution in [0.1, 0.15) is 16.7 Å². The Morgan fingerprint density at radius 1 is 1.05 bits per heavy atom. The lowest BCUT2D eigenvalue weighted by atomic mass is 10.1. The molecule has 22 heavy (non-hydrogen) atoms. The van der Waals surface area contributed by atoms with E-state index in [1.54, 1.807) is 4.68 Å². The fourth-order valence-electron chi connectivity index (χ4n) is 2.51. The highest BCUT2D eigenvalue weighted by molar-refractivity contribution is 5.41. The number of aryl methyl sites for hydroxylation is 2. The summed E-state index contributed by atoms with van der Waals surface area (Å²) in [5.74, 6) is 0.728. The number of aromatic nitrogens is 4. The maximum atomic E-state index is 4.16. The molecule has 112 valence electrons. The standard InChI is InChI=1S/C17H19N5/c1-13-9-10-15(14(2)11-13)12-21(3)17-18-19-20-22(17)16-7-5-4-6-8-16/h4-11H,12H2,1-3H3. The molecule has 5 nitrogen and oxygen atoms in total. The fourth-order valence-corrected chi connectivity index (χ4v) is 2.51. The number of benzene rings is 2. The van der Waals surface area contributed by atoms with Gasteiger partial charge in [0.25, 0.3) is 0 Å². The molecule has 1 heterocycles. The van der Waals surface area contributed by atoms with Crippen LogP contribution in [0, 0.1) is 13.8 Å². The maximum Gasteiger partial charge on any atom is 0.250 e. The molecular weight excluding hydrogens is 274 g/mol. The van der Waals surface area contributed by atoms with Crippen molar-refractivity contribution in [3.05, 3.63) is 65.2 Å². The van der Waals surface area contributed by atoms with Crippen LogP contribution in [-0.4, -0.2) is 27.3 Å². The van der Waals surface area contributed by atoms with Gasteiger partial charge in [0, 0.05) is 13.6 Å². The number of hydrogen-bond acceptors (Lipinski definition) is 4. The van der Waals surface area contributed by atoms with E-state index in [2.05, 4.69) is 52.5 Å². The smallest absolute Gasteiger partial charge is 0.250 e. The fraction of sp³-hybridized carbons (Fsp3) is 0.235. The van der Waals surface area contributed by atoms with Crippen molar-refractivity contribution < 1.29 is 0 Å². The molecule has 0 spiro atoms. The van der Waals surface area contributed by atoms with E-state index < -0.39 is 0 Å². The first-order valence-corrected chi connectivity index (χ1v) is 7.26. The monoisotopic (exact) mass is 293 g/mol. The first-order valence-electron chi connectivity index (χ1n) is 7.26. The third-order valence-corrected chi connectivity index (χ3v) is 3.70. The van der Waals surface area contributed by atoms with Gasteiger partial charge in [0.15, 0.2) is 0 Å². The summed E-state index contributed by atoms with van der Waals surface area (Å²) in [6.45, 7) is 5.01. The molecular formula is C17H19N5. The highest BCUT2D eigenvalue weighted by atomic mass is 15.6. The van der Waals surface area contributed by atoms with E-state index >= 15 is 0 Å². The van der Waals surface area contributed by atoms with E-state index in [1.807, 2.05) is 37.4 Å². The van der Waals surface area contributed by atoms with Gasteiger partial charge in [-0.25, -0.2) is 0 Å². The van der Waals surface area contributed by atoms with Gasteiger partial charge in [-0.1, -0.05) is 47.1 Å². The van der Waals surface area contributed by atoms with Crippen LogP contribution in [0.5, 0.6) is 0 Å². The van der Waals surface area contributed by atoms with Crippen LogP contribution < -0.4 is 4.90 Å². The Kier molecular flexibility index (Phi) is 3.87. The van der Waals surface area contributed by atoms with Crippen LogP contribution in [-0.2, 0) is 6.54 Å². The maximum absolute atomic E-state index is 4.16. The number of rotatable bonds is 4. The second-order valence-corrected chi connectivity index (χ2v) is 5.51. The van der Waals surface area contributed by atoms with Crippen molar-refractivity contribution >= 4 is 5.95 Å². The molecule has 0 bridgehead atoms. The van der Waals surface area contributed by atoms with E-state index in [9.17, 15) is 0 Å². The Hall–Kier alpha value is -2.69. The van der Waals surface area contributed by atoms with Crippen molar-refractivity contribution in [1.82, 2.24) is 20.2 Å². The van der Waals surface area contributed by atoms with Crippen LogP contribution >= 0.6 is 0 Å². The van der Waals surface area contributed by atoms with Crippen molar-refractivity contribution in [2.75, 3.05) is 11.9 Å². The SMILES string of the molecule is Cc1ccc(CN(C)c2nnnn2-c2ccccc2)c(C)c1. The topological polar surface area (TPSA) is 46.8 Å². The molecule has 0 unspecified atom stereocenters. The molecule has 1 aromatic heterocycles. The lowest BCUT2D eigenvalue weighted by Gasteiger charge is -2.19. The van der Waals surface area contributed by atoms with Gasteiger partial charge in [-0.05, 0) is 47.5 Å². The number of nitrogens with zero attached hydrogens (tertiary/aromatic N) is 5. The third-order valence-electron chi connectivity index (χ3n) is 3.70. The van der Waals surface area contributed by atoms with Gasteiger partial charge < -0.3 is 4.90 Å². The molecule has 0 amide bonds. The minimum absolute atomic E-state index is 0.728. The molecule has 0 saturated heterocycles. The molecule has 3 aromatic rings. The van der Waals surface area contributed by atoms with Gasteiger partial charge in [0.2, 0.25) is 5.95 Å². The van der Waals surface area contributed by atoms with Gasteiger partial charge in [0.05, 0.1) is 5.69 Å². The summed E-state index contributed by atoms with van der Waals surface area (Å²) < 4.78 is 1.75. The lowest BCUT2D eigenvalue weighted by Crippen LogP contribution is -2.21. The molecule has 0 N–H and O–H groups in total. The number of para-hydroxylation sites is 1. The van der Waals surface area contributed by atoms with Crippen LogP contribution in [0.15, 0.2) is 48.5 Å². The number of tetrazole rings is 1. The van der Waals surface area contributed by atoms with Crippen LogP contribution in [0.3, 0.4) is 0 Å². The summed E-state index contributed by atoms with van der Waals surface area (Å²) in [6, 6.07) is 16.4. The van der Waals surface area contributed by atoms with E-state index in [0.717, 1.165) is 18.2 Å². The van der Waals surface area contributed by atoms with Crippen molar-refractivity contribution in [3.8, 4) is 5.69 Å². The first-order chi connectivity index (χ1) is 10.6. The Balaban J connectivity index is 1.87. The molecule has 3 rings (SSSR count). The molecule has 0 aliphatic heterocycles. The van der Waals surface area contributed by atoms with Gasteiger partial charge in [-0.15, -0.1) is 0 Å². The quantitative estimate of drug-likeness (QED) is 0.742. The zero-order valence-corrected chi connectivity index (χ0v) is 13.1. The molecule has 0 aliphatic rings. The minimum Gasteiger partial charge on any atom is -0.338 e. The summed E-state index contributed by atoms with van der Waals surface area (Å²) in [5, 5.41) is 12.1. The Morgan fingerprint density at radius 3 is 2.55 bits per heavy atom. The zero-order chi connectivity index (χ0) is 15.5. The van der Waals surface area contributed by atoms with Crippen molar-refractivity contribution in [1.29, 1.82) is 0 Å². The first kappa shape index (κ1) is 14.3. The Morgan fingerprint density at radius 2 is 1.82 bits per heavy atom. The summed E-state index contributed by atoms with van der Waals surface area (Å²) in [5.41, 5.74) is 4.79. The molecule has 2 aromatic carbocycles. The highest BCUT2D eigenvalue weighted by Crippen LogP contribution is 2.18. The van der Waals surface area contributed by atoms with Gasteiger partial charge in [-0.2, -0.15) is 4.68 Å².